The van der Waals surface area contributed by atoms with Crippen LogP contribution in [0.1, 0.15) is 189 Å². The SMILES string of the molecule is CCCCCC=CCC=CCCCCCCCCOCC(CN(C)C)OCC=CCO[C@H]1CC[C@@]2(C)C(=CCC3C4CCC(C(C)CCCC(C)C)[C@@]4(C)CCC32)C1. The Kier molecular flexibility index (Phi) is 23.0. The third-order valence-corrected chi connectivity index (χ3v) is 15.6. The number of ether oxygens (including phenoxy) is 3. The van der Waals surface area contributed by atoms with Crippen molar-refractivity contribution in [3.8, 4) is 0 Å². The molecule has 0 saturated heterocycles. The fourth-order valence-corrected chi connectivity index (χ4v) is 12.3. The molecule has 4 heteroatoms. The molecule has 4 nitrogen and oxygen atoms in total. The van der Waals surface area contributed by atoms with Crippen LogP contribution in [0.4, 0.5) is 0 Å². The summed E-state index contributed by atoms with van der Waals surface area (Å²) in [7, 11) is 4.23. The quantitative estimate of drug-likeness (QED) is 0.0534. The summed E-state index contributed by atoms with van der Waals surface area (Å²) in [6, 6.07) is 0. The highest BCUT2D eigenvalue weighted by atomic mass is 16.5. The Morgan fingerprint density at radius 3 is 2.22 bits per heavy atom. The van der Waals surface area contributed by atoms with Gasteiger partial charge >= 0.3 is 0 Å². The Hall–Kier alpha value is -1.20. The number of fused-ring (bicyclic) bond motifs is 5. The second kappa shape index (κ2) is 27.0. The van der Waals surface area contributed by atoms with Gasteiger partial charge < -0.3 is 19.1 Å². The smallest absolute Gasteiger partial charge is 0.0938 e. The number of unbranched alkanes of at least 4 members (excludes halogenated alkanes) is 9. The van der Waals surface area contributed by atoms with Crippen LogP contribution in [0, 0.1) is 46.3 Å². The van der Waals surface area contributed by atoms with E-state index in [9.17, 15) is 0 Å². The standard InChI is InChI=1S/C54H95NO3/c1-9-10-11-12-13-14-15-16-17-18-19-20-21-22-23-24-38-56-43-48(42-55(7)8)58-40-26-25-39-57-47-34-36-53(5)46(41-47)30-31-49-51-33-32-50(45(4)29-27-28-44(2)3)54(51,6)37-35-52(49)53/h13-14,16-17,25-26,30,44-45,47-52H,9-12,15,18-24,27-29,31-43H2,1-8H3/t45?,47-,48?,49?,50?,51?,52?,53-,54+/m0/s1. The molecule has 0 radical (unpaired) electrons. The molecule has 0 amide bonds. The van der Waals surface area contributed by atoms with Crippen LogP contribution >= 0.6 is 0 Å². The summed E-state index contributed by atoms with van der Waals surface area (Å²) in [5, 5.41) is 0. The summed E-state index contributed by atoms with van der Waals surface area (Å²) >= 11 is 0. The zero-order chi connectivity index (χ0) is 41.6. The highest BCUT2D eigenvalue weighted by Gasteiger charge is 2.59. The topological polar surface area (TPSA) is 30.9 Å². The molecule has 4 aliphatic carbocycles. The van der Waals surface area contributed by atoms with Gasteiger partial charge in [-0.15, -0.1) is 0 Å². The van der Waals surface area contributed by atoms with Crippen molar-refractivity contribution in [3.05, 3.63) is 48.1 Å². The van der Waals surface area contributed by atoms with Crippen LogP contribution in [-0.4, -0.2) is 64.2 Å². The molecular formula is C54H95NO3. The fraction of sp³-hybridized carbons (Fsp3) is 0.852. The van der Waals surface area contributed by atoms with Crippen molar-refractivity contribution >= 4 is 0 Å². The first-order valence-electron chi connectivity index (χ1n) is 25.2. The van der Waals surface area contributed by atoms with Crippen molar-refractivity contribution in [2.75, 3.05) is 47.1 Å². The molecule has 0 aromatic carbocycles. The predicted octanol–water partition coefficient (Wildman–Crippen LogP) is 14.7. The molecule has 9 atom stereocenters. The Balaban J connectivity index is 1.06. The van der Waals surface area contributed by atoms with Gasteiger partial charge in [-0.25, -0.2) is 0 Å². The maximum atomic E-state index is 6.51. The molecule has 0 aromatic rings. The molecule has 4 aliphatic rings. The fourth-order valence-electron chi connectivity index (χ4n) is 12.3. The monoisotopic (exact) mass is 806 g/mol. The third kappa shape index (κ3) is 15.9. The van der Waals surface area contributed by atoms with Gasteiger partial charge in [0.25, 0.3) is 0 Å². The molecule has 0 aliphatic heterocycles. The largest absolute Gasteiger partial charge is 0.379 e. The molecule has 0 spiro atoms. The number of allylic oxidation sites excluding steroid dienone is 5. The minimum Gasteiger partial charge on any atom is -0.379 e. The lowest BCUT2D eigenvalue weighted by Crippen LogP contribution is -2.51. The molecule has 334 valence electrons. The average Bonchev–Trinajstić information content (AvgIpc) is 3.55. The van der Waals surface area contributed by atoms with E-state index in [-0.39, 0.29) is 6.10 Å². The maximum Gasteiger partial charge on any atom is 0.0938 e. The minimum atomic E-state index is 0.0918. The summed E-state index contributed by atoms with van der Waals surface area (Å²) in [5.41, 5.74) is 2.69. The number of hydrogen-bond donors (Lipinski definition) is 0. The summed E-state index contributed by atoms with van der Waals surface area (Å²) < 4.78 is 18.9. The van der Waals surface area contributed by atoms with Crippen LogP contribution in [0.3, 0.4) is 0 Å². The van der Waals surface area contributed by atoms with Crippen molar-refractivity contribution in [1.29, 1.82) is 0 Å². The zero-order valence-corrected chi connectivity index (χ0v) is 39.6. The van der Waals surface area contributed by atoms with Gasteiger partial charge in [0.1, 0.15) is 0 Å². The molecule has 0 heterocycles. The van der Waals surface area contributed by atoms with Crippen LogP contribution in [-0.2, 0) is 14.2 Å². The van der Waals surface area contributed by atoms with Gasteiger partial charge in [-0.05, 0) is 150 Å². The van der Waals surface area contributed by atoms with Gasteiger partial charge in [0, 0.05) is 13.2 Å². The lowest BCUT2D eigenvalue weighted by molar-refractivity contribution is -0.0621. The zero-order valence-electron chi connectivity index (χ0n) is 39.6. The third-order valence-electron chi connectivity index (χ3n) is 15.6. The Morgan fingerprint density at radius 1 is 0.759 bits per heavy atom. The van der Waals surface area contributed by atoms with Gasteiger partial charge in [0.05, 0.1) is 32.0 Å². The highest BCUT2D eigenvalue weighted by Crippen LogP contribution is 2.67. The van der Waals surface area contributed by atoms with E-state index in [1.807, 2.05) is 0 Å². The molecule has 0 N–H and O–H groups in total. The van der Waals surface area contributed by atoms with E-state index in [0.717, 1.165) is 67.9 Å². The second-order valence-electron chi connectivity index (χ2n) is 20.8. The molecule has 6 unspecified atom stereocenters. The second-order valence-corrected chi connectivity index (χ2v) is 20.8. The van der Waals surface area contributed by atoms with E-state index in [4.69, 9.17) is 14.2 Å². The van der Waals surface area contributed by atoms with Crippen LogP contribution in [0.15, 0.2) is 48.1 Å². The summed E-state index contributed by atoms with van der Waals surface area (Å²) in [4.78, 5) is 2.20. The molecule has 0 bridgehead atoms. The Morgan fingerprint density at radius 2 is 1.48 bits per heavy atom. The van der Waals surface area contributed by atoms with Crippen LogP contribution in [0.5, 0.6) is 0 Å². The van der Waals surface area contributed by atoms with Crippen molar-refractivity contribution in [1.82, 2.24) is 4.90 Å². The van der Waals surface area contributed by atoms with E-state index in [1.54, 1.807) is 5.57 Å². The van der Waals surface area contributed by atoms with Gasteiger partial charge in [0.2, 0.25) is 0 Å². The molecular weight excluding hydrogens is 711 g/mol. The van der Waals surface area contributed by atoms with E-state index in [0.29, 0.717) is 36.8 Å². The van der Waals surface area contributed by atoms with Crippen LogP contribution < -0.4 is 0 Å². The summed E-state index contributed by atoms with van der Waals surface area (Å²) in [6.45, 7) is 18.7. The van der Waals surface area contributed by atoms with Crippen LogP contribution in [0.2, 0.25) is 0 Å². The normalized spacial score (nSPS) is 29.8. The van der Waals surface area contributed by atoms with E-state index < -0.39 is 0 Å². The first-order chi connectivity index (χ1) is 28.1. The van der Waals surface area contributed by atoms with Crippen molar-refractivity contribution in [3.63, 3.8) is 0 Å². The first-order valence-corrected chi connectivity index (χ1v) is 25.2. The molecule has 58 heavy (non-hydrogen) atoms. The first kappa shape index (κ1) is 49.5. The van der Waals surface area contributed by atoms with Crippen LogP contribution in [0.25, 0.3) is 0 Å². The van der Waals surface area contributed by atoms with Gasteiger partial charge in [-0.2, -0.15) is 0 Å². The lowest BCUT2D eigenvalue weighted by atomic mass is 9.47. The number of hydrogen-bond acceptors (Lipinski definition) is 4. The molecule has 3 saturated carbocycles. The summed E-state index contributed by atoms with van der Waals surface area (Å²) in [5.74, 6) is 5.38. The maximum absolute atomic E-state index is 6.51. The Labute approximate surface area is 360 Å². The minimum absolute atomic E-state index is 0.0918. The summed E-state index contributed by atoms with van der Waals surface area (Å²) in [6.07, 6.45) is 47.3. The van der Waals surface area contributed by atoms with Crippen molar-refractivity contribution in [2.45, 2.75) is 201 Å². The lowest BCUT2D eigenvalue weighted by Gasteiger charge is -2.58. The van der Waals surface area contributed by atoms with Gasteiger partial charge in [-0.3, -0.25) is 0 Å². The van der Waals surface area contributed by atoms with Crippen molar-refractivity contribution in [2.24, 2.45) is 46.3 Å². The van der Waals surface area contributed by atoms with Crippen molar-refractivity contribution < 1.29 is 14.2 Å². The predicted molar refractivity (Wildman–Crippen MR) is 250 cm³/mol. The van der Waals surface area contributed by atoms with E-state index >= 15 is 0 Å². The van der Waals surface area contributed by atoms with E-state index in [1.165, 1.54) is 128 Å². The number of nitrogens with zero attached hydrogens (tertiary/aromatic N) is 1. The van der Waals surface area contributed by atoms with Gasteiger partial charge in [0.15, 0.2) is 0 Å². The highest BCUT2D eigenvalue weighted by molar-refractivity contribution is 5.25. The van der Waals surface area contributed by atoms with E-state index in [2.05, 4.69) is 103 Å². The molecule has 3 fully saturated rings. The average molecular weight is 806 g/mol. The Bertz CT molecular complexity index is 1220. The number of likely N-dealkylation sites (N-methyl/N-ethyl adjacent to an activating group) is 1. The number of rotatable bonds is 30. The molecule has 4 rings (SSSR count). The van der Waals surface area contributed by atoms with Gasteiger partial charge in [-0.1, -0.05) is 147 Å². The molecule has 0 aromatic heterocycles.